The van der Waals surface area contributed by atoms with Crippen molar-refractivity contribution in [1.29, 1.82) is 0 Å². The van der Waals surface area contributed by atoms with Crippen LogP contribution in [0.15, 0.2) is 36.5 Å². The van der Waals surface area contributed by atoms with Crippen molar-refractivity contribution >= 4 is 23.3 Å². The van der Waals surface area contributed by atoms with E-state index >= 15 is 0 Å². The van der Waals surface area contributed by atoms with Crippen molar-refractivity contribution in [2.75, 3.05) is 31.6 Å². The van der Waals surface area contributed by atoms with Gasteiger partial charge in [-0.1, -0.05) is 29.8 Å². The van der Waals surface area contributed by atoms with Crippen molar-refractivity contribution in [3.8, 4) is 5.75 Å². The highest BCUT2D eigenvalue weighted by molar-refractivity contribution is 6.33. The molecule has 1 N–H and O–H groups in total. The molecule has 6 nitrogen and oxygen atoms in total. The summed E-state index contributed by atoms with van der Waals surface area (Å²) in [6.07, 6.45) is 6.60. The van der Waals surface area contributed by atoms with E-state index in [1.165, 1.54) is 12.8 Å². The van der Waals surface area contributed by atoms with Gasteiger partial charge in [-0.2, -0.15) is 0 Å². The SMILES string of the molecule is O=C(c1cnc(NCc2ccccc2OC2CCCC2)c(Cl)c1)N1CCOCC1. The predicted molar refractivity (Wildman–Crippen MR) is 113 cm³/mol. The molecule has 2 heterocycles. The second-order valence-electron chi connectivity index (χ2n) is 7.44. The van der Waals surface area contributed by atoms with Gasteiger partial charge in [0.25, 0.3) is 5.91 Å². The number of carbonyl (C=O) groups is 1. The van der Waals surface area contributed by atoms with Gasteiger partial charge in [0.05, 0.1) is 29.9 Å². The molecule has 4 rings (SSSR count). The first-order valence-corrected chi connectivity index (χ1v) is 10.6. The maximum atomic E-state index is 12.6. The molecule has 2 aliphatic rings. The minimum Gasteiger partial charge on any atom is -0.490 e. The summed E-state index contributed by atoms with van der Waals surface area (Å²) in [6.45, 7) is 2.86. The summed E-state index contributed by atoms with van der Waals surface area (Å²) >= 11 is 6.40. The number of hydrogen-bond donors (Lipinski definition) is 1. The van der Waals surface area contributed by atoms with E-state index in [1.807, 2.05) is 24.3 Å². The second kappa shape index (κ2) is 9.46. The third-order valence-electron chi connectivity index (χ3n) is 5.40. The van der Waals surface area contributed by atoms with Crippen LogP contribution in [0.1, 0.15) is 41.6 Å². The highest BCUT2D eigenvalue weighted by Crippen LogP contribution is 2.28. The molecule has 0 spiro atoms. The summed E-state index contributed by atoms with van der Waals surface area (Å²) in [4.78, 5) is 18.7. The van der Waals surface area contributed by atoms with Gasteiger partial charge in [-0.25, -0.2) is 4.98 Å². The highest BCUT2D eigenvalue weighted by Gasteiger charge is 2.20. The lowest BCUT2D eigenvalue weighted by Gasteiger charge is -2.26. The number of halogens is 1. The Morgan fingerprint density at radius 1 is 1.24 bits per heavy atom. The molecule has 29 heavy (non-hydrogen) atoms. The number of benzene rings is 1. The quantitative estimate of drug-likeness (QED) is 0.768. The third kappa shape index (κ3) is 5.00. The smallest absolute Gasteiger partial charge is 0.255 e. The average molecular weight is 416 g/mol. The van der Waals surface area contributed by atoms with Gasteiger partial charge < -0.3 is 19.7 Å². The molecule has 0 radical (unpaired) electrons. The molecule has 1 saturated carbocycles. The van der Waals surface area contributed by atoms with Crippen LogP contribution in [0.5, 0.6) is 5.75 Å². The molecule has 2 aromatic rings. The number of carbonyl (C=O) groups excluding carboxylic acids is 1. The fraction of sp³-hybridized carbons (Fsp3) is 0.455. The van der Waals surface area contributed by atoms with Crippen LogP contribution in [0, 0.1) is 0 Å². The summed E-state index contributed by atoms with van der Waals surface area (Å²) < 4.78 is 11.5. The Labute approximate surface area is 176 Å². The van der Waals surface area contributed by atoms with E-state index in [4.69, 9.17) is 21.1 Å². The van der Waals surface area contributed by atoms with E-state index in [2.05, 4.69) is 10.3 Å². The normalized spacial score (nSPS) is 17.3. The van der Waals surface area contributed by atoms with Gasteiger partial charge in [0.1, 0.15) is 11.6 Å². The number of ether oxygens (including phenoxy) is 2. The van der Waals surface area contributed by atoms with Crippen LogP contribution < -0.4 is 10.1 Å². The van der Waals surface area contributed by atoms with Crippen molar-refractivity contribution in [2.45, 2.75) is 38.3 Å². The molecule has 0 bridgehead atoms. The van der Waals surface area contributed by atoms with Gasteiger partial charge in [-0.05, 0) is 37.8 Å². The van der Waals surface area contributed by atoms with E-state index in [0.717, 1.165) is 24.2 Å². The molecule has 0 atom stereocenters. The van der Waals surface area contributed by atoms with E-state index in [1.54, 1.807) is 17.2 Å². The maximum absolute atomic E-state index is 12.6. The van der Waals surface area contributed by atoms with Crippen LogP contribution in [-0.4, -0.2) is 48.2 Å². The number of nitrogens with zero attached hydrogens (tertiary/aromatic N) is 2. The number of anilines is 1. The van der Waals surface area contributed by atoms with Gasteiger partial charge >= 0.3 is 0 Å². The molecule has 0 unspecified atom stereocenters. The first kappa shape index (κ1) is 20.0. The Balaban J connectivity index is 1.40. The number of para-hydroxylation sites is 1. The largest absolute Gasteiger partial charge is 0.490 e. The Morgan fingerprint density at radius 2 is 2.00 bits per heavy atom. The molecule has 7 heteroatoms. The van der Waals surface area contributed by atoms with Crippen molar-refractivity contribution in [3.05, 3.63) is 52.7 Å². The van der Waals surface area contributed by atoms with E-state index in [-0.39, 0.29) is 5.91 Å². The van der Waals surface area contributed by atoms with Crippen LogP contribution in [-0.2, 0) is 11.3 Å². The van der Waals surface area contributed by atoms with Crippen LogP contribution in [0.25, 0.3) is 0 Å². The van der Waals surface area contributed by atoms with Crippen molar-refractivity contribution in [1.82, 2.24) is 9.88 Å². The summed E-state index contributed by atoms with van der Waals surface area (Å²) in [5.41, 5.74) is 1.55. The van der Waals surface area contributed by atoms with Gasteiger partial charge in [-0.3, -0.25) is 4.79 Å². The molecule has 1 saturated heterocycles. The minimum absolute atomic E-state index is 0.0652. The standard InChI is InChI=1S/C22H26ClN3O3/c23-19-13-17(22(27)26-9-11-28-12-10-26)15-25-21(19)24-14-16-5-1-4-8-20(16)29-18-6-2-3-7-18/h1,4-5,8,13,15,18H,2-3,6-7,9-12,14H2,(H,24,25). The zero-order chi connectivity index (χ0) is 20.1. The van der Waals surface area contributed by atoms with Gasteiger partial charge in [0, 0.05) is 31.4 Å². The predicted octanol–water partition coefficient (Wildman–Crippen LogP) is 4.14. The number of amides is 1. The first-order chi connectivity index (χ1) is 14.2. The second-order valence-corrected chi connectivity index (χ2v) is 7.85. The zero-order valence-electron chi connectivity index (χ0n) is 16.4. The summed E-state index contributed by atoms with van der Waals surface area (Å²) in [5, 5.41) is 3.70. The van der Waals surface area contributed by atoms with E-state index in [0.29, 0.717) is 55.4 Å². The molecular formula is C22H26ClN3O3. The third-order valence-corrected chi connectivity index (χ3v) is 5.69. The summed E-state index contributed by atoms with van der Waals surface area (Å²) in [6, 6.07) is 9.72. The lowest BCUT2D eigenvalue weighted by atomic mass is 10.2. The van der Waals surface area contributed by atoms with Gasteiger partial charge in [0.2, 0.25) is 0 Å². The number of aromatic nitrogens is 1. The Bertz CT molecular complexity index is 849. The molecule has 1 aromatic carbocycles. The number of rotatable bonds is 6. The first-order valence-electron chi connectivity index (χ1n) is 10.2. The Kier molecular flexibility index (Phi) is 6.52. The van der Waals surface area contributed by atoms with Gasteiger partial charge in [-0.15, -0.1) is 0 Å². The molecule has 2 fully saturated rings. The average Bonchev–Trinajstić information content (AvgIpc) is 3.27. The Morgan fingerprint density at radius 3 is 2.76 bits per heavy atom. The van der Waals surface area contributed by atoms with Crippen LogP contribution in [0.2, 0.25) is 5.02 Å². The van der Waals surface area contributed by atoms with Crippen molar-refractivity contribution in [2.24, 2.45) is 0 Å². The fourth-order valence-electron chi connectivity index (χ4n) is 3.76. The van der Waals surface area contributed by atoms with Gasteiger partial charge in [0.15, 0.2) is 0 Å². The summed E-state index contributed by atoms with van der Waals surface area (Å²) in [7, 11) is 0. The number of morpholine rings is 1. The lowest BCUT2D eigenvalue weighted by Crippen LogP contribution is -2.40. The summed E-state index contributed by atoms with van der Waals surface area (Å²) in [5.74, 6) is 1.40. The molecule has 1 aromatic heterocycles. The molecule has 1 aliphatic carbocycles. The molecule has 1 aliphatic heterocycles. The molecule has 154 valence electrons. The number of nitrogens with one attached hydrogen (secondary N) is 1. The molecular weight excluding hydrogens is 390 g/mol. The van der Waals surface area contributed by atoms with Crippen LogP contribution in [0.4, 0.5) is 5.82 Å². The van der Waals surface area contributed by atoms with Crippen LogP contribution in [0.3, 0.4) is 0 Å². The van der Waals surface area contributed by atoms with E-state index < -0.39 is 0 Å². The highest BCUT2D eigenvalue weighted by atomic mass is 35.5. The monoisotopic (exact) mass is 415 g/mol. The topological polar surface area (TPSA) is 63.7 Å². The Hall–Kier alpha value is -2.31. The molecule has 1 amide bonds. The maximum Gasteiger partial charge on any atom is 0.255 e. The van der Waals surface area contributed by atoms with Crippen LogP contribution >= 0.6 is 11.6 Å². The number of pyridine rings is 1. The number of hydrogen-bond acceptors (Lipinski definition) is 5. The zero-order valence-corrected chi connectivity index (χ0v) is 17.2. The van der Waals surface area contributed by atoms with E-state index in [9.17, 15) is 4.79 Å². The fourth-order valence-corrected chi connectivity index (χ4v) is 4.00. The lowest BCUT2D eigenvalue weighted by molar-refractivity contribution is 0.0302. The minimum atomic E-state index is -0.0652. The van der Waals surface area contributed by atoms with Crippen molar-refractivity contribution in [3.63, 3.8) is 0 Å². The van der Waals surface area contributed by atoms with Crippen molar-refractivity contribution < 1.29 is 14.3 Å².